The number of piperidine rings is 1. The van der Waals surface area contributed by atoms with Gasteiger partial charge in [-0.25, -0.2) is 0 Å². The molecule has 1 saturated heterocycles. The molecule has 0 bridgehead atoms. The molecule has 1 amide bonds. The number of hydrogen-bond donors (Lipinski definition) is 1. The second-order valence-corrected chi connectivity index (χ2v) is 5.54. The summed E-state index contributed by atoms with van der Waals surface area (Å²) in [5.41, 5.74) is 1.54. The maximum atomic E-state index is 11.8. The van der Waals surface area contributed by atoms with Gasteiger partial charge in [0.15, 0.2) is 0 Å². The monoisotopic (exact) mass is 250 g/mol. The van der Waals surface area contributed by atoms with E-state index in [1.165, 1.54) is 44.9 Å². The van der Waals surface area contributed by atoms with Crippen LogP contribution in [0.1, 0.15) is 51.4 Å². The minimum absolute atomic E-state index is 0.202. The Morgan fingerprint density at radius 3 is 2.72 bits per heavy atom. The van der Waals surface area contributed by atoms with Crippen molar-refractivity contribution < 1.29 is 4.79 Å². The SMILES string of the molecule is O=C(CN1CCCCC1)NCCC1=CCCCC1. The summed E-state index contributed by atoms with van der Waals surface area (Å²) in [6.07, 6.45) is 12.4. The lowest BCUT2D eigenvalue weighted by Crippen LogP contribution is -2.40. The quantitative estimate of drug-likeness (QED) is 0.760. The van der Waals surface area contributed by atoms with Crippen LogP contribution in [0.15, 0.2) is 11.6 Å². The summed E-state index contributed by atoms with van der Waals surface area (Å²) in [5, 5.41) is 3.06. The minimum Gasteiger partial charge on any atom is -0.355 e. The van der Waals surface area contributed by atoms with E-state index in [1.54, 1.807) is 5.57 Å². The number of carbonyl (C=O) groups is 1. The van der Waals surface area contributed by atoms with Gasteiger partial charge in [0.05, 0.1) is 6.54 Å². The molecule has 0 unspecified atom stereocenters. The summed E-state index contributed by atoms with van der Waals surface area (Å²) in [5.74, 6) is 0.202. The Morgan fingerprint density at radius 2 is 2.00 bits per heavy atom. The number of carbonyl (C=O) groups excluding carboxylic acids is 1. The summed E-state index contributed by atoms with van der Waals surface area (Å²) in [7, 11) is 0. The molecule has 1 heterocycles. The van der Waals surface area contributed by atoms with Crippen LogP contribution in [0.5, 0.6) is 0 Å². The van der Waals surface area contributed by atoms with E-state index in [0.29, 0.717) is 6.54 Å². The summed E-state index contributed by atoms with van der Waals surface area (Å²) in [6.45, 7) is 3.61. The van der Waals surface area contributed by atoms with E-state index in [2.05, 4.69) is 16.3 Å². The second-order valence-electron chi connectivity index (χ2n) is 5.54. The lowest BCUT2D eigenvalue weighted by molar-refractivity contribution is -0.122. The molecule has 2 rings (SSSR count). The van der Waals surface area contributed by atoms with Crippen LogP contribution in [-0.4, -0.2) is 37.0 Å². The molecule has 3 heteroatoms. The van der Waals surface area contributed by atoms with Crippen LogP contribution in [0.4, 0.5) is 0 Å². The third kappa shape index (κ3) is 4.81. The molecule has 0 spiro atoms. The molecule has 0 aromatic rings. The normalized spacial score (nSPS) is 21.4. The first-order valence-corrected chi connectivity index (χ1v) is 7.51. The summed E-state index contributed by atoms with van der Waals surface area (Å²) in [6, 6.07) is 0. The average Bonchev–Trinajstić information content (AvgIpc) is 2.41. The maximum Gasteiger partial charge on any atom is 0.234 e. The van der Waals surface area contributed by atoms with Gasteiger partial charge in [0.2, 0.25) is 5.91 Å². The Balaban J connectivity index is 1.57. The highest BCUT2D eigenvalue weighted by atomic mass is 16.2. The molecule has 3 nitrogen and oxygen atoms in total. The first-order chi connectivity index (χ1) is 8.84. The van der Waals surface area contributed by atoms with Crippen LogP contribution in [0.3, 0.4) is 0 Å². The van der Waals surface area contributed by atoms with Gasteiger partial charge in [-0.3, -0.25) is 9.69 Å². The zero-order valence-electron chi connectivity index (χ0n) is 11.4. The Morgan fingerprint density at radius 1 is 1.17 bits per heavy atom. The van der Waals surface area contributed by atoms with E-state index in [-0.39, 0.29) is 5.91 Å². The van der Waals surface area contributed by atoms with E-state index in [1.807, 2.05) is 0 Å². The lowest BCUT2D eigenvalue weighted by atomic mass is 9.97. The molecule has 0 aromatic heterocycles. The Hall–Kier alpha value is -0.830. The van der Waals surface area contributed by atoms with E-state index < -0.39 is 0 Å². The molecule has 1 N–H and O–H groups in total. The van der Waals surface area contributed by atoms with Crippen LogP contribution < -0.4 is 5.32 Å². The zero-order valence-corrected chi connectivity index (χ0v) is 11.4. The predicted molar refractivity (Wildman–Crippen MR) is 74.5 cm³/mol. The van der Waals surface area contributed by atoms with Crippen molar-refractivity contribution in [3.63, 3.8) is 0 Å². The van der Waals surface area contributed by atoms with Crippen molar-refractivity contribution in [3.05, 3.63) is 11.6 Å². The molecule has 0 radical (unpaired) electrons. The fourth-order valence-corrected chi connectivity index (χ4v) is 2.87. The summed E-state index contributed by atoms with van der Waals surface area (Å²) < 4.78 is 0. The van der Waals surface area contributed by atoms with Gasteiger partial charge in [0.25, 0.3) is 0 Å². The van der Waals surface area contributed by atoms with Gasteiger partial charge in [0, 0.05) is 6.54 Å². The lowest BCUT2D eigenvalue weighted by Gasteiger charge is -2.25. The molecule has 1 fully saturated rings. The van der Waals surface area contributed by atoms with Crippen molar-refractivity contribution in [1.29, 1.82) is 0 Å². The number of likely N-dealkylation sites (tertiary alicyclic amines) is 1. The van der Waals surface area contributed by atoms with E-state index in [0.717, 1.165) is 26.1 Å². The number of amides is 1. The number of rotatable bonds is 5. The van der Waals surface area contributed by atoms with Gasteiger partial charge in [0.1, 0.15) is 0 Å². The van der Waals surface area contributed by atoms with Crippen molar-refractivity contribution in [1.82, 2.24) is 10.2 Å². The van der Waals surface area contributed by atoms with Crippen molar-refractivity contribution in [2.24, 2.45) is 0 Å². The van der Waals surface area contributed by atoms with Crippen LogP contribution >= 0.6 is 0 Å². The first kappa shape index (κ1) is 13.6. The molecular weight excluding hydrogens is 224 g/mol. The maximum absolute atomic E-state index is 11.8. The smallest absolute Gasteiger partial charge is 0.234 e. The van der Waals surface area contributed by atoms with Crippen molar-refractivity contribution in [2.75, 3.05) is 26.2 Å². The van der Waals surface area contributed by atoms with Gasteiger partial charge in [-0.05, 0) is 58.0 Å². The highest BCUT2D eigenvalue weighted by molar-refractivity contribution is 5.78. The van der Waals surface area contributed by atoms with Crippen LogP contribution in [0.2, 0.25) is 0 Å². The fourth-order valence-electron chi connectivity index (χ4n) is 2.87. The topological polar surface area (TPSA) is 32.3 Å². The molecule has 1 aliphatic heterocycles. The standard InChI is InChI=1S/C15H26N2O/c18-15(13-17-11-5-2-6-12-17)16-10-9-14-7-3-1-4-8-14/h7H,1-6,8-13H2,(H,16,18). The third-order valence-corrected chi connectivity index (χ3v) is 3.97. The summed E-state index contributed by atoms with van der Waals surface area (Å²) >= 11 is 0. The van der Waals surface area contributed by atoms with Crippen molar-refractivity contribution in [2.45, 2.75) is 51.4 Å². The largest absolute Gasteiger partial charge is 0.355 e. The predicted octanol–water partition coefficient (Wildman–Crippen LogP) is 2.48. The number of hydrogen-bond acceptors (Lipinski definition) is 2. The second kappa shape index (κ2) is 7.57. The van der Waals surface area contributed by atoms with Crippen molar-refractivity contribution in [3.8, 4) is 0 Å². The van der Waals surface area contributed by atoms with Crippen molar-refractivity contribution >= 4 is 5.91 Å². The van der Waals surface area contributed by atoms with Gasteiger partial charge in [-0.1, -0.05) is 18.1 Å². The van der Waals surface area contributed by atoms with Crippen LogP contribution in [0.25, 0.3) is 0 Å². The molecule has 2 aliphatic rings. The van der Waals surface area contributed by atoms with Gasteiger partial charge >= 0.3 is 0 Å². The molecule has 18 heavy (non-hydrogen) atoms. The minimum atomic E-state index is 0.202. The highest BCUT2D eigenvalue weighted by Gasteiger charge is 2.13. The van der Waals surface area contributed by atoms with E-state index >= 15 is 0 Å². The molecule has 1 aliphatic carbocycles. The highest BCUT2D eigenvalue weighted by Crippen LogP contribution is 2.19. The first-order valence-electron chi connectivity index (χ1n) is 7.51. The van der Waals surface area contributed by atoms with Gasteiger partial charge in [-0.2, -0.15) is 0 Å². The van der Waals surface area contributed by atoms with E-state index in [4.69, 9.17) is 0 Å². The number of nitrogens with one attached hydrogen (secondary N) is 1. The fraction of sp³-hybridized carbons (Fsp3) is 0.800. The van der Waals surface area contributed by atoms with Gasteiger partial charge < -0.3 is 5.32 Å². The third-order valence-electron chi connectivity index (χ3n) is 3.97. The molecule has 102 valence electrons. The zero-order chi connectivity index (χ0) is 12.6. The summed E-state index contributed by atoms with van der Waals surface area (Å²) in [4.78, 5) is 14.1. The van der Waals surface area contributed by atoms with Crippen LogP contribution in [-0.2, 0) is 4.79 Å². The molecule has 0 saturated carbocycles. The van der Waals surface area contributed by atoms with Crippen LogP contribution in [0, 0.1) is 0 Å². The molecule has 0 atom stereocenters. The average molecular weight is 250 g/mol. The Labute approximate surface area is 111 Å². The molecule has 0 aromatic carbocycles. The van der Waals surface area contributed by atoms with Gasteiger partial charge in [-0.15, -0.1) is 0 Å². The number of nitrogens with zero attached hydrogens (tertiary/aromatic N) is 1. The molecular formula is C15H26N2O. The Bertz CT molecular complexity index is 293. The number of allylic oxidation sites excluding steroid dienone is 1. The van der Waals surface area contributed by atoms with E-state index in [9.17, 15) is 4.79 Å². The Kier molecular flexibility index (Phi) is 5.72.